The summed E-state index contributed by atoms with van der Waals surface area (Å²) in [5, 5.41) is 0. The second-order valence-corrected chi connectivity index (χ2v) is 6.16. The topological polar surface area (TPSA) is 35.2 Å². The maximum Gasteiger partial charge on any atom is 0.573 e. The molecule has 0 saturated carbocycles. The van der Waals surface area contributed by atoms with Crippen LogP contribution in [-0.2, 0) is 6.42 Å². The van der Waals surface area contributed by atoms with Crippen LogP contribution in [0.25, 0.3) is 0 Å². The first-order chi connectivity index (χ1) is 9.26. The largest absolute Gasteiger partial charge is 0.573 e. The number of benzene rings is 1. The molecule has 0 spiro atoms. The molecule has 0 fully saturated rings. The smallest absolute Gasteiger partial charge is 0.406 e. The summed E-state index contributed by atoms with van der Waals surface area (Å²) < 4.78 is 39.9. The molecule has 0 aliphatic carbocycles. The summed E-state index contributed by atoms with van der Waals surface area (Å²) in [6.07, 6.45) is -4.00. The van der Waals surface area contributed by atoms with Crippen molar-refractivity contribution in [2.45, 2.75) is 32.7 Å². The Bertz CT molecular complexity index is 392. The highest BCUT2D eigenvalue weighted by molar-refractivity contribution is 7.99. The fourth-order valence-electron chi connectivity index (χ4n) is 1.64. The highest BCUT2D eigenvalue weighted by Crippen LogP contribution is 2.23. The van der Waals surface area contributed by atoms with Gasteiger partial charge in [0.05, 0.1) is 0 Å². The molecular formula is C14H20F3NOS. The summed E-state index contributed by atoms with van der Waals surface area (Å²) in [6, 6.07) is 5.88. The highest BCUT2D eigenvalue weighted by Gasteiger charge is 2.30. The van der Waals surface area contributed by atoms with E-state index < -0.39 is 6.36 Å². The Morgan fingerprint density at radius 1 is 1.15 bits per heavy atom. The number of thioether (sulfide) groups is 1. The van der Waals surface area contributed by atoms with Crippen LogP contribution < -0.4 is 10.5 Å². The summed E-state index contributed by atoms with van der Waals surface area (Å²) >= 11 is 1.80. The fourth-order valence-corrected chi connectivity index (χ4v) is 2.67. The Balaban J connectivity index is 2.41. The number of hydrogen-bond donors (Lipinski definition) is 1. The van der Waals surface area contributed by atoms with Gasteiger partial charge in [0, 0.05) is 11.8 Å². The number of hydrogen-bond acceptors (Lipinski definition) is 3. The molecule has 0 aliphatic rings. The standard InChI is InChI=1S/C14H20F3NOS/c1-10(2)8-20-9-12(18)7-11-3-5-13(6-4-11)19-14(15,16)17/h3-6,10,12H,7-9,18H2,1-2H3. The Hall–Kier alpha value is -0.880. The Labute approximate surface area is 121 Å². The molecule has 1 aromatic carbocycles. The van der Waals surface area contributed by atoms with E-state index in [9.17, 15) is 13.2 Å². The van der Waals surface area contributed by atoms with E-state index in [1.54, 1.807) is 23.9 Å². The summed E-state index contributed by atoms with van der Waals surface area (Å²) in [4.78, 5) is 0. The van der Waals surface area contributed by atoms with Crippen molar-refractivity contribution in [3.63, 3.8) is 0 Å². The molecule has 1 rings (SSSR count). The first kappa shape index (κ1) is 17.2. The summed E-state index contributed by atoms with van der Waals surface area (Å²) in [7, 11) is 0. The van der Waals surface area contributed by atoms with Gasteiger partial charge >= 0.3 is 6.36 Å². The van der Waals surface area contributed by atoms with E-state index in [1.807, 2.05) is 0 Å². The molecule has 0 amide bonds. The molecule has 2 nitrogen and oxygen atoms in total. The maximum atomic E-state index is 12.0. The van der Waals surface area contributed by atoms with Crippen molar-refractivity contribution in [3.8, 4) is 5.75 Å². The molecule has 0 heterocycles. The lowest BCUT2D eigenvalue weighted by Gasteiger charge is -2.13. The number of nitrogens with two attached hydrogens (primary N) is 1. The van der Waals surface area contributed by atoms with Crippen LogP contribution in [0.2, 0.25) is 0 Å². The fraction of sp³-hybridized carbons (Fsp3) is 0.571. The molecule has 0 aromatic heterocycles. The minimum Gasteiger partial charge on any atom is -0.406 e. The molecule has 1 unspecified atom stereocenters. The van der Waals surface area contributed by atoms with Crippen LogP contribution in [0.3, 0.4) is 0 Å². The average Bonchev–Trinajstić information content (AvgIpc) is 2.29. The minimum absolute atomic E-state index is 0.00753. The van der Waals surface area contributed by atoms with Gasteiger partial charge in [-0.05, 0) is 35.8 Å². The number of ether oxygens (including phenoxy) is 1. The van der Waals surface area contributed by atoms with Crippen LogP contribution in [0.4, 0.5) is 13.2 Å². The molecule has 2 N–H and O–H groups in total. The van der Waals surface area contributed by atoms with Crippen LogP contribution in [0.5, 0.6) is 5.75 Å². The SMILES string of the molecule is CC(C)CSCC(N)Cc1ccc(OC(F)(F)F)cc1. The predicted molar refractivity (Wildman–Crippen MR) is 77.0 cm³/mol. The normalized spacial score (nSPS) is 13.6. The van der Waals surface area contributed by atoms with Crippen LogP contribution in [0.1, 0.15) is 19.4 Å². The van der Waals surface area contributed by atoms with Gasteiger partial charge in [0.2, 0.25) is 0 Å². The maximum absolute atomic E-state index is 12.0. The molecule has 114 valence electrons. The third-order valence-electron chi connectivity index (χ3n) is 2.44. The van der Waals surface area contributed by atoms with Gasteiger partial charge in [0.25, 0.3) is 0 Å². The van der Waals surface area contributed by atoms with E-state index >= 15 is 0 Å². The van der Waals surface area contributed by atoms with Crippen molar-refractivity contribution in [2.75, 3.05) is 11.5 Å². The van der Waals surface area contributed by atoms with Gasteiger partial charge in [0.1, 0.15) is 5.75 Å². The zero-order valence-electron chi connectivity index (χ0n) is 11.6. The molecule has 1 aromatic rings. The van der Waals surface area contributed by atoms with Crippen LogP contribution in [0.15, 0.2) is 24.3 Å². The van der Waals surface area contributed by atoms with Gasteiger partial charge in [-0.15, -0.1) is 13.2 Å². The van der Waals surface area contributed by atoms with Gasteiger partial charge in [-0.1, -0.05) is 26.0 Å². The van der Waals surface area contributed by atoms with E-state index in [1.165, 1.54) is 12.1 Å². The van der Waals surface area contributed by atoms with Gasteiger partial charge in [-0.3, -0.25) is 0 Å². The molecule has 0 radical (unpaired) electrons. The van der Waals surface area contributed by atoms with Crippen LogP contribution in [0, 0.1) is 5.92 Å². The highest BCUT2D eigenvalue weighted by atomic mass is 32.2. The van der Waals surface area contributed by atoms with Gasteiger partial charge in [0.15, 0.2) is 0 Å². The number of halogens is 3. The molecule has 0 bridgehead atoms. The second kappa shape index (κ2) is 7.78. The number of rotatable bonds is 7. The van der Waals surface area contributed by atoms with Crippen molar-refractivity contribution in [2.24, 2.45) is 11.7 Å². The minimum atomic E-state index is -4.65. The van der Waals surface area contributed by atoms with E-state index in [0.717, 1.165) is 17.1 Å². The van der Waals surface area contributed by atoms with Gasteiger partial charge in [-0.2, -0.15) is 11.8 Å². The lowest BCUT2D eigenvalue weighted by Crippen LogP contribution is -2.26. The van der Waals surface area contributed by atoms with E-state index in [2.05, 4.69) is 18.6 Å². The summed E-state index contributed by atoms with van der Waals surface area (Å²) in [5.74, 6) is 2.33. The van der Waals surface area contributed by atoms with Crippen molar-refractivity contribution in [1.29, 1.82) is 0 Å². The van der Waals surface area contributed by atoms with E-state index in [0.29, 0.717) is 12.3 Å². The summed E-state index contributed by atoms with van der Waals surface area (Å²) in [6.45, 7) is 4.30. The Kier molecular flexibility index (Phi) is 6.68. The Morgan fingerprint density at radius 3 is 2.25 bits per heavy atom. The first-order valence-electron chi connectivity index (χ1n) is 6.44. The number of alkyl halides is 3. The average molecular weight is 307 g/mol. The lowest BCUT2D eigenvalue weighted by atomic mass is 10.1. The van der Waals surface area contributed by atoms with Crippen molar-refractivity contribution in [1.82, 2.24) is 0 Å². The predicted octanol–water partition coefficient (Wildman–Crippen LogP) is 3.84. The van der Waals surface area contributed by atoms with E-state index in [-0.39, 0.29) is 11.8 Å². The quantitative estimate of drug-likeness (QED) is 0.831. The lowest BCUT2D eigenvalue weighted by molar-refractivity contribution is -0.274. The molecule has 6 heteroatoms. The molecule has 1 atom stereocenters. The van der Waals surface area contributed by atoms with Crippen molar-refractivity contribution >= 4 is 11.8 Å². The van der Waals surface area contributed by atoms with Crippen LogP contribution in [-0.4, -0.2) is 23.9 Å². The monoisotopic (exact) mass is 307 g/mol. The van der Waals surface area contributed by atoms with Gasteiger partial charge in [-0.25, -0.2) is 0 Å². The van der Waals surface area contributed by atoms with Gasteiger partial charge < -0.3 is 10.5 Å². The van der Waals surface area contributed by atoms with E-state index in [4.69, 9.17) is 5.73 Å². The second-order valence-electron chi connectivity index (χ2n) is 5.09. The molecular weight excluding hydrogens is 287 g/mol. The molecule has 0 saturated heterocycles. The zero-order chi connectivity index (χ0) is 15.2. The third kappa shape index (κ3) is 7.65. The van der Waals surface area contributed by atoms with Crippen molar-refractivity contribution < 1.29 is 17.9 Å². The molecule has 0 aliphatic heterocycles. The summed E-state index contributed by atoms with van der Waals surface area (Å²) in [5.41, 5.74) is 6.91. The zero-order valence-corrected chi connectivity index (χ0v) is 12.4. The molecule has 20 heavy (non-hydrogen) atoms. The van der Waals surface area contributed by atoms with Crippen LogP contribution >= 0.6 is 11.8 Å². The first-order valence-corrected chi connectivity index (χ1v) is 7.59. The van der Waals surface area contributed by atoms with Crippen molar-refractivity contribution in [3.05, 3.63) is 29.8 Å². The Morgan fingerprint density at radius 2 is 1.75 bits per heavy atom. The third-order valence-corrected chi connectivity index (χ3v) is 4.00.